The SMILES string of the molecule is O=C(O)CNC(=O)CNC(=O)C1=NC=NC2=NC=NC21. The predicted octanol–water partition coefficient (Wildman–Crippen LogP) is -2.40. The van der Waals surface area contributed by atoms with E-state index in [4.69, 9.17) is 5.11 Å². The van der Waals surface area contributed by atoms with Gasteiger partial charge in [-0.25, -0.2) is 15.0 Å². The van der Waals surface area contributed by atoms with Gasteiger partial charge < -0.3 is 15.7 Å². The van der Waals surface area contributed by atoms with Crippen molar-refractivity contribution in [1.29, 1.82) is 0 Å². The molecule has 0 fully saturated rings. The summed E-state index contributed by atoms with van der Waals surface area (Å²) < 4.78 is 0. The molecule has 2 heterocycles. The number of fused-ring (bicyclic) bond motifs is 1. The van der Waals surface area contributed by atoms with Gasteiger partial charge in [0.1, 0.15) is 24.9 Å². The number of aliphatic carboxylic acids is 1. The highest BCUT2D eigenvalue weighted by Gasteiger charge is 2.30. The summed E-state index contributed by atoms with van der Waals surface area (Å²) in [4.78, 5) is 48.8. The molecule has 0 spiro atoms. The first-order valence-electron chi connectivity index (χ1n) is 5.54. The van der Waals surface area contributed by atoms with Gasteiger partial charge in [0.25, 0.3) is 5.91 Å². The fraction of sp³-hybridized carbons (Fsp3) is 0.300. The maximum absolute atomic E-state index is 11.9. The summed E-state index contributed by atoms with van der Waals surface area (Å²) in [5, 5.41) is 12.8. The first-order chi connectivity index (χ1) is 9.58. The minimum atomic E-state index is -1.17. The standard InChI is InChI=1S/C10H10N6O4/c17-5(11-2-6(18)19)1-12-10(20)8-7-9(15-3-13-7)16-4-14-8/h3-4,7H,1-2H2,(H,11,17)(H,12,20)(H,18,19). The van der Waals surface area contributed by atoms with Crippen LogP contribution in [0.15, 0.2) is 20.0 Å². The molecule has 1 unspecified atom stereocenters. The predicted molar refractivity (Wildman–Crippen MR) is 69.3 cm³/mol. The van der Waals surface area contributed by atoms with Gasteiger partial charge in [-0.05, 0) is 0 Å². The summed E-state index contributed by atoms with van der Waals surface area (Å²) in [7, 11) is 0. The monoisotopic (exact) mass is 278 g/mol. The number of carbonyl (C=O) groups excluding carboxylic acids is 2. The molecule has 2 rings (SSSR count). The molecule has 1 atom stereocenters. The Bertz CT molecular complexity index is 576. The second-order valence-corrected chi connectivity index (χ2v) is 3.77. The number of amides is 2. The van der Waals surface area contributed by atoms with Gasteiger partial charge in [0.2, 0.25) is 5.91 Å². The van der Waals surface area contributed by atoms with E-state index in [9.17, 15) is 14.4 Å². The molecule has 0 aromatic rings. The first kappa shape index (κ1) is 13.5. The highest BCUT2D eigenvalue weighted by Crippen LogP contribution is 2.09. The summed E-state index contributed by atoms with van der Waals surface area (Å²) >= 11 is 0. The number of rotatable bonds is 5. The van der Waals surface area contributed by atoms with Crippen LogP contribution in [0, 0.1) is 0 Å². The summed E-state index contributed by atoms with van der Waals surface area (Å²) in [6, 6.07) is -0.651. The van der Waals surface area contributed by atoms with Gasteiger partial charge in [-0.2, -0.15) is 0 Å². The van der Waals surface area contributed by atoms with Gasteiger partial charge in [-0.3, -0.25) is 19.4 Å². The molecule has 0 aromatic heterocycles. The van der Waals surface area contributed by atoms with Crippen molar-refractivity contribution in [2.75, 3.05) is 13.1 Å². The maximum Gasteiger partial charge on any atom is 0.322 e. The van der Waals surface area contributed by atoms with Crippen LogP contribution in [-0.4, -0.2) is 66.2 Å². The second kappa shape index (κ2) is 5.82. The van der Waals surface area contributed by atoms with Crippen LogP contribution in [0.25, 0.3) is 0 Å². The van der Waals surface area contributed by atoms with Gasteiger partial charge >= 0.3 is 5.97 Å². The van der Waals surface area contributed by atoms with E-state index in [2.05, 4.69) is 30.6 Å². The van der Waals surface area contributed by atoms with Crippen LogP contribution in [0.3, 0.4) is 0 Å². The number of carbonyl (C=O) groups is 3. The molecule has 2 aliphatic rings. The molecule has 104 valence electrons. The van der Waals surface area contributed by atoms with E-state index in [-0.39, 0.29) is 12.3 Å². The Hall–Kier alpha value is -2.91. The van der Waals surface area contributed by atoms with Crippen LogP contribution in [-0.2, 0) is 14.4 Å². The van der Waals surface area contributed by atoms with Crippen molar-refractivity contribution in [3.8, 4) is 0 Å². The van der Waals surface area contributed by atoms with Gasteiger partial charge in [0.05, 0.1) is 6.54 Å². The third-order valence-electron chi connectivity index (χ3n) is 2.38. The Kier molecular flexibility index (Phi) is 3.93. The average Bonchev–Trinajstić information content (AvgIpc) is 2.90. The zero-order chi connectivity index (χ0) is 14.5. The van der Waals surface area contributed by atoms with Crippen LogP contribution in [0.5, 0.6) is 0 Å². The number of nitrogens with one attached hydrogen (secondary N) is 2. The number of aliphatic imine (C=N–C) groups is 4. The Morgan fingerprint density at radius 2 is 1.95 bits per heavy atom. The van der Waals surface area contributed by atoms with E-state index >= 15 is 0 Å². The lowest BCUT2D eigenvalue weighted by atomic mass is 10.1. The number of hydrogen-bond donors (Lipinski definition) is 3. The number of nitrogens with zero attached hydrogens (tertiary/aromatic N) is 4. The van der Waals surface area contributed by atoms with E-state index in [0.717, 1.165) is 0 Å². The molecule has 20 heavy (non-hydrogen) atoms. The molecule has 10 nitrogen and oxygen atoms in total. The largest absolute Gasteiger partial charge is 0.480 e. The Labute approximate surface area is 112 Å². The molecule has 2 amide bonds. The Morgan fingerprint density at radius 3 is 2.70 bits per heavy atom. The average molecular weight is 278 g/mol. The van der Waals surface area contributed by atoms with Crippen molar-refractivity contribution < 1.29 is 19.5 Å². The zero-order valence-electron chi connectivity index (χ0n) is 10.1. The lowest BCUT2D eigenvalue weighted by Crippen LogP contribution is -2.45. The highest BCUT2D eigenvalue weighted by molar-refractivity contribution is 6.48. The molecular weight excluding hydrogens is 268 g/mol. The number of carboxylic acid groups (broad SMARTS) is 1. The Morgan fingerprint density at radius 1 is 1.15 bits per heavy atom. The summed E-state index contributed by atoms with van der Waals surface area (Å²) in [6.07, 6.45) is 2.47. The normalized spacial score (nSPS) is 18.9. The van der Waals surface area contributed by atoms with E-state index < -0.39 is 30.4 Å². The minimum Gasteiger partial charge on any atom is -0.480 e. The van der Waals surface area contributed by atoms with Gasteiger partial charge in [-0.15, -0.1) is 0 Å². The van der Waals surface area contributed by atoms with E-state index in [0.29, 0.717) is 5.84 Å². The summed E-state index contributed by atoms with van der Waals surface area (Å²) in [6.45, 7) is -0.864. The van der Waals surface area contributed by atoms with Gasteiger partial charge in [0.15, 0.2) is 11.9 Å². The smallest absolute Gasteiger partial charge is 0.322 e. The quantitative estimate of drug-likeness (QED) is 0.514. The molecule has 0 aliphatic carbocycles. The summed E-state index contributed by atoms with van der Waals surface area (Å²) in [5.74, 6) is -2.01. The topological polar surface area (TPSA) is 145 Å². The molecule has 0 aromatic carbocycles. The number of amidine groups is 1. The molecular formula is C10H10N6O4. The molecule has 0 saturated carbocycles. The fourth-order valence-electron chi connectivity index (χ4n) is 1.48. The van der Waals surface area contributed by atoms with E-state index in [1.165, 1.54) is 12.7 Å². The van der Waals surface area contributed by atoms with Crippen molar-refractivity contribution in [2.45, 2.75) is 6.04 Å². The van der Waals surface area contributed by atoms with Crippen molar-refractivity contribution in [1.82, 2.24) is 10.6 Å². The second-order valence-electron chi connectivity index (χ2n) is 3.77. The third-order valence-corrected chi connectivity index (χ3v) is 2.38. The number of carboxylic acids is 1. The number of hydrogen-bond acceptors (Lipinski definition) is 7. The van der Waals surface area contributed by atoms with Crippen molar-refractivity contribution >= 4 is 42.0 Å². The van der Waals surface area contributed by atoms with Crippen LogP contribution >= 0.6 is 0 Å². The molecule has 2 aliphatic heterocycles. The van der Waals surface area contributed by atoms with E-state index in [1.54, 1.807) is 0 Å². The molecule has 10 heteroatoms. The third kappa shape index (κ3) is 3.10. The van der Waals surface area contributed by atoms with Crippen molar-refractivity contribution in [2.24, 2.45) is 20.0 Å². The molecule has 0 saturated heterocycles. The van der Waals surface area contributed by atoms with Crippen molar-refractivity contribution in [3.05, 3.63) is 0 Å². The minimum absolute atomic E-state index is 0.0820. The van der Waals surface area contributed by atoms with Crippen LogP contribution in [0.1, 0.15) is 0 Å². The van der Waals surface area contributed by atoms with Crippen LogP contribution in [0.4, 0.5) is 0 Å². The highest BCUT2D eigenvalue weighted by atomic mass is 16.4. The maximum atomic E-state index is 11.9. The molecule has 3 N–H and O–H groups in total. The van der Waals surface area contributed by atoms with Gasteiger partial charge in [0, 0.05) is 0 Å². The fourth-order valence-corrected chi connectivity index (χ4v) is 1.48. The zero-order valence-corrected chi connectivity index (χ0v) is 10.1. The first-order valence-corrected chi connectivity index (χ1v) is 5.54. The lowest BCUT2D eigenvalue weighted by molar-refractivity contribution is -0.137. The lowest BCUT2D eigenvalue weighted by Gasteiger charge is -2.13. The van der Waals surface area contributed by atoms with Crippen molar-refractivity contribution in [3.63, 3.8) is 0 Å². The molecule has 0 bridgehead atoms. The summed E-state index contributed by atoms with van der Waals surface area (Å²) in [5.41, 5.74) is 0.0820. The van der Waals surface area contributed by atoms with Crippen LogP contribution < -0.4 is 10.6 Å². The molecule has 0 radical (unpaired) electrons. The van der Waals surface area contributed by atoms with Gasteiger partial charge in [-0.1, -0.05) is 0 Å². The van der Waals surface area contributed by atoms with E-state index in [1.807, 2.05) is 0 Å². The Balaban J connectivity index is 1.86. The van der Waals surface area contributed by atoms with Crippen LogP contribution in [0.2, 0.25) is 0 Å².